The van der Waals surface area contributed by atoms with E-state index in [9.17, 15) is 4.79 Å². The normalized spacial score (nSPS) is 18.6. The van der Waals surface area contributed by atoms with E-state index in [0.29, 0.717) is 25.2 Å². The maximum Gasteiger partial charge on any atom is 0.334 e. The first-order valence-electron chi connectivity index (χ1n) is 8.33. The highest BCUT2D eigenvalue weighted by atomic mass is 16.5. The molecule has 4 nitrogen and oxygen atoms in total. The van der Waals surface area contributed by atoms with E-state index in [2.05, 4.69) is 18.7 Å². The van der Waals surface area contributed by atoms with Crippen LogP contribution in [0, 0.1) is 6.92 Å². The predicted molar refractivity (Wildman–Crippen MR) is 95.5 cm³/mol. The van der Waals surface area contributed by atoms with Gasteiger partial charge in [-0.25, -0.2) is 4.79 Å². The molecule has 0 amide bonds. The second kappa shape index (κ2) is 7.56. The zero-order chi connectivity index (χ0) is 17.7. The van der Waals surface area contributed by atoms with Gasteiger partial charge >= 0.3 is 5.97 Å². The van der Waals surface area contributed by atoms with Gasteiger partial charge in [0.25, 0.3) is 0 Å². The van der Waals surface area contributed by atoms with Crippen LogP contribution in [-0.2, 0) is 20.7 Å². The number of esters is 1. The number of aryl methyl sites for hydroxylation is 1. The van der Waals surface area contributed by atoms with Crippen LogP contribution in [0.2, 0.25) is 0 Å². The van der Waals surface area contributed by atoms with Crippen LogP contribution in [0.5, 0.6) is 0 Å². The second-order valence-electron chi connectivity index (χ2n) is 6.74. The molecule has 1 aromatic rings. The maximum atomic E-state index is 12.3. The number of hydrogen-bond acceptors (Lipinski definition) is 4. The van der Waals surface area contributed by atoms with Crippen molar-refractivity contribution in [2.45, 2.75) is 39.7 Å². The van der Waals surface area contributed by atoms with Crippen LogP contribution in [0.15, 0.2) is 47.9 Å². The number of likely N-dealkylation sites (N-methyl/N-ethyl adjacent to an activating group) is 1. The average Bonchev–Trinajstić information content (AvgIpc) is 2.80. The van der Waals surface area contributed by atoms with Crippen molar-refractivity contribution in [3.05, 3.63) is 59.0 Å². The van der Waals surface area contributed by atoms with Gasteiger partial charge in [-0.3, -0.25) is 0 Å². The number of ether oxygens (including phenoxy) is 2. The van der Waals surface area contributed by atoms with Gasteiger partial charge < -0.3 is 14.4 Å². The van der Waals surface area contributed by atoms with Crippen LogP contribution < -0.4 is 0 Å². The molecule has 0 bridgehead atoms. The zero-order valence-electron chi connectivity index (χ0n) is 15.3. The lowest BCUT2D eigenvalue weighted by molar-refractivity contribution is -0.138. The molecule has 4 heteroatoms. The molecule has 1 aliphatic heterocycles. The maximum absolute atomic E-state index is 12.3. The van der Waals surface area contributed by atoms with E-state index in [1.54, 1.807) is 0 Å². The molecule has 0 unspecified atom stereocenters. The molecule has 1 aliphatic rings. The Morgan fingerprint density at radius 1 is 1.33 bits per heavy atom. The van der Waals surface area contributed by atoms with Crippen LogP contribution in [-0.4, -0.2) is 36.7 Å². The lowest BCUT2D eigenvalue weighted by Crippen LogP contribution is -2.36. The van der Waals surface area contributed by atoms with Crippen molar-refractivity contribution in [1.29, 1.82) is 0 Å². The van der Waals surface area contributed by atoms with Crippen LogP contribution in [0.1, 0.15) is 31.9 Å². The lowest BCUT2D eigenvalue weighted by atomic mass is 10.0. The molecule has 0 saturated carbocycles. The van der Waals surface area contributed by atoms with Gasteiger partial charge in [-0.05, 0) is 45.4 Å². The van der Waals surface area contributed by atoms with E-state index >= 15 is 0 Å². The van der Waals surface area contributed by atoms with Gasteiger partial charge in [-0.15, -0.1) is 0 Å². The van der Waals surface area contributed by atoms with Gasteiger partial charge in [-0.2, -0.15) is 0 Å². The Labute approximate surface area is 144 Å². The first kappa shape index (κ1) is 18.1. The number of nitrogens with zero attached hydrogens (tertiary/aromatic N) is 1. The minimum atomic E-state index is -0.283. The lowest BCUT2D eigenvalue weighted by Gasteiger charge is -2.25. The van der Waals surface area contributed by atoms with E-state index in [1.165, 1.54) is 5.56 Å². The summed E-state index contributed by atoms with van der Waals surface area (Å²) in [4.78, 5) is 14.3. The molecular formula is C20H27NO3. The summed E-state index contributed by atoms with van der Waals surface area (Å²) in [5, 5.41) is 0. The Balaban J connectivity index is 2.22. The summed E-state index contributed by atoms with van der Waals surface area (Å²) < 4.78 is 10.9. The fourth-order valence-electron chi connectivity index (χ4n) is 2.42. The van der Waals surface area contributed by atoms with Crippen molar-refractivity contribution in [2.75, 3.05) is 20.3 Å². The molecule has 130 valence electrons. The van der Waals surface area contributed by atoms with Crippen molar-refractivity contribution in [3.63, 3.8) is 0 Å². The molecule has 2 rings (SSSR count). The van der Waals surface area contributed by atoms with Crippen molar-refractivity contribution in [3.8, 4) is 0 Å². The molecule has 0 aromatic heterocycles. The highest BCUT2D eigenvalue weighted by Crippen LogP contribution is 2.27. The molecule has 0 atom stereocenters. The smallest absolute Gasteiger partial charge is 0.334 e. The van der Waals surface area contributed by atoms with Gasteiger partial charge in [0.15, 0.2) is 5.88 Å². The Morgan fingerprint density at radius 2 is 2.00 bits per heavy atom. The predicted octanol–water partition coefficient (Wildman–Crippen LogP) is 3.61. The largest absolute Gasteiger partial charge is 0.477 e. The van der Waals surface area contributed by atoms with Crippen LogP contribution in [0.3, 0.4) is 0 Å². The monoisotopic (exact) mass is 329 g/mol. The van der Waals surface area contributed by atoms with E-state index in [4.69, 9.17) is 9.47 Å². The van der Waals surface area contributed by atoms with Crippen molar-refractivity contribution >= 4 is 5.97 Å². The van der Waals surface area contributed by atoms with Crippen molar-refractivity contribution in [2.24, 2.45) is 0 Å². The summed E-state index contributed by atoms with van der Waals surface area (Å²) in [6, 6.07) is 8.17. The fraction of sp³-hybridized carbons (Fsp3) is 0.450. The van der Waals surface area contributed by atoms with E-state index in [0.717, 1.165) is 11.4 Å². The summed E-state index contributed by atoms with van der Waals surface area (Å²) in [5.41, 5.74) is 2.86. The molecule has 1 aromatic carbocycles. The first-order chi connectivity index (χ1) is 11.3. The van der Waals surface area contributed by atoms with Crippen LogP contribution in [0.4, 0.5) is 0 Å². The molecular weight excluding hydrogens is 302 g/mol. The van der Waals surface area contributed by atoms with Crippen molar-refractivity contribution < 1.29 is 14.3 Å². The molecule has 0 N–H and O–H groups in total. The fourth-order valence-corrected chi connectivity index (χ4v) is 2.42. The van der Waals surface area contributed by atoms with Gasteiger partial charge in [0.1, 0.15) is 6.61 Å². The number of carbonyl (C=O) groups excluding carboxylic acids is 1. The Bertz CT molecular complexity index is 641. The summed E-state index contributed by atoms with van der Waals surface area (Å²) in [5.74, 6) is 0.487. The standard InChI is InChI=1S/C20H27NO3/c1-6-23-19(22)17(13-16-9-7-15(2)8-10-16)11-12-18-21(5)20(3,4)14-24-18/h7-12H,6,13-14H2,1-5H3/b17-11+,18-12+. The average molecular weight is 329 g/mol. The highest BCUT2D eigenvalue weighted by Gasteiger charge is 2.33. The number of benzene rings is 1. The molecule has 1 saturated heterocycles. The zero-order valence-corrected chi connectivity index (χ0v) is 15.3. The molecule has 1 heterocycles. The van der Waals surface area contributed by atoms with Gasteiger partial charge in [0, 0.05) is 19.0 Å². The molecule has 1 fully saturated rings. The number of allylic oxidation sites excluding steroid dienone is 2. The molecule has 0 aliphatic carbocycles. The first-order valence-corrected chi connectivity index (χ1v) is 8.33. The minimum Gasteiger partial charge on any atom is -0.477 e. The third-order valence-corrected chi connectivity index (χ3v) is 4.29. The Hall–Kier alpha value is -2.23. The van der Waals surface area contributed by atoms with Gasteiger partial charge in [-0.1, -0.05) is 29.8 Å². The number of carbonyl (C=O) groups is 1. The van der Waals surface area contributed by atoms with Crippen molar-refractivity contribution in [1.82, 2.24) is 4.90 Å². The second-order valence-corrected chi connectivity index (χ2v) is 6.74. The van der Waals surface area contributed by atoms with E-state index < -0.39 is 0 Å². The van der Waals surface area contributed by atoms with Crippen LogP contribution >= 0.6 is 0 Å². The summed E-state index contributed by atoms with van der Waals surface area (Å²) in [6.45, 7) is 9.10. The van der Waals surface area contributed by atoms with E-state index in [-0.39, 0.29) is 11.5 Å². The summed E-state index contributed by atoms with van der Waals surface area (Å²) >= 11 is 0. The Kier molecular flexibility index (Phi) is 5.71. The molecule has 0 radical (unpaired) electrons. The quantitative estimate of drug-likeness (QED) is 0.611. The molecule has 24 heavy (non-hydrogen) atoms. The third kappa shape index (κ3) is 4.40. The number of hydrogen-bond donors (Lipinski definition) is 0. The summed E-state index contributed by atoms with van der Waals surface area (Å²) in [6.07, 6.45) is 4.20. The van der Waals surface area contributed by atoms with E-state index in [1.807, 2.05) is 57.3 Å². The minimum absolute atomic E-state index is 0.0410. The third-order valence-electron chi connectivity index (χ3n) is 4.29. The number of rotatable bonds is 5. The SMILES string of the molecule is CCOC(=O)/C(=C/C=C1/OCC(C)(C)N1C)Cc1ccc(C)cc1. The molecule has 0 spiro atoms. The topological polar surface area (TPSA) is 38.8 Å². The Morgan fingerprint density at radius 3 is 2.54 bits per heavy atom. The highest BCUT2D eigenvalue weighted by molar-refractivity contribution is 5.89. The van der Waals surface area contributed by atoms with Gasteiger partial charge in [0.2, 0.25) is 0 Å². The van der Waals surface area contributed by atoms with Gasteiger partial charge in [0.05, 0.1) is 12.1 Å². The summed E-state index contributed by atoms with van der Waals surface area (Å²) in [7, 11) is 2.00. The van der Waals surface area contributed by atoms with Crippen LogP contribution in [0.25, 0.3) is 0 Å².